The van der Waals surface area contributed by atoms with Gasteiger partial charge in [-0.2, -0.15) is 10.2 Å². The van der Waals surface area contributed by atoms with E-state index in [0.717, 1.165) is 17.8 Å². The zero-order valence-electron chi connectivity index (χ0n) is 12.8. The van der Waals surface area contributed by atoms with Crippen LogP contribution in [-0.2, 0) is 19.6 Å². The molecular weight excluding hydrogens is 290 g/mol. The number of nitrogens with zero attached hydrogens (tertiary/aromatic N) is 5. The number of carbonyl (C=O) groups is 1. The third-order valence-electron chi connectivity index (χ3n) is 3.56. The Morgan fingerprint density at radius 2 is 1.86 bits per heavy atom. The Labute approximate surface area is 129 Å². The van der Waals surface area contributed by atoms with Gasteiger partial charge in [-0.15, -0.1) is 0 Å². The van der Waals surface area contributed by atoms with Gasteiger partial charge in [0.15, 0.2) is 0 Å². The van der Waals surface area contributed by atoms with Crippen molar-refractivity contribution in [1.29, 1.82) is 0 Å². The number of hydrogen-bond acceptors (Lipinski definition) is 3. The molecule has 0 aromatic carbocycles. The first-order chi connectivity index (χ1) is 9.99. The van der Waals surface area contributed by atoms with Crippen molar-refractivity contribution in [2.24, 2.45) is 0 Å². The fourth-order valence-electron chi connectivity index (χ4n) is 2.28. The van der Waals surface area contributed by atoms with Crippen LogP contribution in [0, 0.1) is 6.92 Å². The molecule has 0 bridgehead atoms. The maximum absolute atomic E-state index is 12.6. The number of halogens is 1. The number of rotatable bonds is 5. The van der Waals surface area contributed by atoms with Crippen LogP contribution >= 0.6 is 11.6 Å². The summed E-state index contributed by atoms with van der Waals surface area (Å²) in [7, 11) is 1.76. The van der Waals surface area contributed by atoms with Crippen LogP contribution in [0.5, 0.6) is 0 Å². The van der Waals surface area contributed by atoms with E-state index >= 15 is 0 Å². The van der Waals surface area contributed by atoms with Crippen molar-refractivity contribution in [3.8, 4) is 0 Å². The highest BCUT2D eigenvalue weighted by Crippen LogP contribution is 2.18. The molecule has 0 unspecified atom stereocenters. The smallest absolute Gasteiger partial charge is 0.273 e. The van der Waals surface area contributed by atoms with E-state index in [1.165, 1.54) is 6.20 Å². The molecule has 6 nitrogen and oxygen atoms in total. The van der Waals surface area contributed by atoms with Crippen LogP contribution in [0.2, 0.25) is 5.02 Å². The van der Waals surface area contributed by atoms with Gasteiger partial charge in [-0.05, 0) is 20.8 Å². The SMILES string of the molecule is CCn1ncc(CN(C)C(=O)c2c(Cl)cnn2CC)c1C. The van der Waals surface area contributed by atoms with E-state index in [-0.39, 0.29) is 5.91 Å². The van der Waals surface area contributed by atoms with Gasteiger partial charge < -0.3 is 4.90 Å². The zero-order chi connectivity index (χ0) is 15.6. The molecule has 1 amide bonds. The van der Waals surface area contributed by atoms with Gasteiger partial charge in [-0.1, -0.05) is 11.6 Å². The van der Waals surface area contributed by atoms with Gasteiger partial charge in [0.25, 0.3) is 5.91 Å². The van der Waals surface area contributed by atoms with Crippen molar-refractivity contribution < 1.29 is 4.79 Å². The van der Waals surface area contributed by atoms with Crippen molar-refractivity contribution in [3.63, 3.8) is 0 Å². The van der Waals surface area contributed by atoms with Crippen LogP contribution in [0.1, 0.15) is 35.6 Å². The predicted octanol–water partition coefficient (Wildman–Crippen LogP) is 2.35. The van der Waals surface area contributed by atoms with Crippen LogP contribution in [0.15, 0.2) is 12.4 Å². The lowest BCUT2D eigenvalue weighted by Crippen LogP contribution is -2.29. The van der Waals surface area contributed by atoms with E-state index in [2.05, 4.69) is 10.2 Å². The molecule has 0 spiro atoms. The van der Waals surface area contributed by atoms with E-state index in [4.69, 9.17) is 11.6 Å². The molecule has 0 N–H and O–H groups in total. The van der Waals surface area contributed by atoms with E-state index in [9.17, 15) is 4.79 Å². The zero-order valence-corrected chi connectivity index (χ0v) is 13.6. The molecule has 2 aromatic rings. The van der Waals surface area contributed by atoms with Crippen LogP contribution < -0.4 is 0 Å². The minimum atomic E-state index is -0.136. The Hall–Kier alpha value is -1.82. The molecule has 0 aliphatic carbocycles. The van der Waals surface area contributed by atoms with Gasteiger partial charge in [0, 0.05) is 37.9 Å². The molecule has 0 aliphatic rings. The summed E-state index contributed by atoms with van der Waals surface area (Å²) in [5.74, 6) is -0.136. The van der Waals surface area contributed by atoms with Crippen LogP contribution in [0.4, 0.5) is 0 Å². The topological polar surface area (TPSA) is 56.0 Å². The number of carbonyl (C=O) groups excluding carboxylic acids is 1. The van der Waals surface area contributed by atoms with Crippen molar-refractivity contribution >= 4 is 17.5 Å². The quantitative estimate of drug-likeness (QED) is 0.852. The summed E-state index contributed by atoms with van der Waals surface area (Å²) >= 11 is 6.08. The lowest BCUT2D eigenvalue weighted by atomic mass is 10.2. The largest absolute Gasteiger partial charge is 0.336 e. The number of amides is 1. The Balaban J connectivity index is 2.19. The third-order valence-corrected chi connectivity index (χ3v) is 3.83. The fourth-order valence-corrected chi connectivity index (χ4v) is 2.50. The molecule has 0 aliphatic heterocycles. The predicted molar refractivity (Wildman–Crippen MR) is 81.3 cm³/mol. The summed E-state index contributed by atoms with van der Waals surface area (Å²) in [5, 5.41) is 8.78. The summed E-state index contributed by atoms with van der Waals surface area (Å²) in [6.07, 6.45) is 3.31. The van der Waals surface area contributed by atoms with Crippen molar-refractivity contribution in [1.82, 2.24) is 24.5 Å². The van der Waals surface area contributed by atoms with Gasteiger partial charge >= 0.3 is 0 Å². The normalized spacial score (nSPS) is 10.9. The molecule has 0 radical (unpaired) electrons. The molecule has 114 valence electrons. The molecule has 0 fully saturated rings. The van der Waals surface area contributed by atoms with Crippen molar-refractivity contribution in [2.45, 2.75) is 40.4 Å². The molecule has 0 saturated carbocycles. The Morgan fingerprint density at radius 1 is 1.24 bits per heavy atom. The second-order valence-corrected chi connectivity index (χ2v) is 5.30. The van der Waals surface area contributed by atoms with Gasteiger partial charge in [0.1, 0.15) is 5.69 Å². The Kier molecular flexibility index (Phi) is 4.67. The summed E-state index contributed by atoms with van der Waals surface area (Å²) in [6, 6.07) is 0. The summed E-state index contributed by atoms with van der Waals surface area (Å²) in [5.41, 5.74) is 2.54. The first-order valence-electron chi connectivity index (χ1n) is 6.97. The summed E-state index contributed by atoms with van der Waals surface area (Å²) < 4.78 is 3.53. The van der Waals surface area contributed by atoms with Crippen LogP contribution in [0.25, 0.3) is 0 Å². The van der Waals surface area contributed by atoms with Gasteiger partial charge in [-0.3, -0.25) is 14.2 Å². The van der Waals surface area contributed by atoms with Crippen molar-refractivity contribution in [3.05, 3.63) is 34.4 Å². The molecular formula is C14H20ClN5O. The van der Waals surface area contributed by atoms with E-state index in [1.54, 1.807) is 22.8 Å². The molecule has 2 aromatic heterocycles. The number of aromatic nitrogens is 4. The monoisotopic (exact) mass is 309 g/mol. The van der Waals surface area contributed by atoms with Gasteiger partial charge in [0.2, 0.25) is 0 Å². The molecule has 21 heavy (non-hydrogen) atoms. The maximum Gasteiger partial charge on any atom is 0.273 e. The average Bonchev–Trinajstić information content (AvgIpc) is 3.01. The highest BCUT2D eigenvalue weighted by Gasteiger charge is 2.21. The highest BCUT2D eigenvalue weighted by molar-refractivity contribution is 6.33. The second-order valence-electron chi connectivity index (χ2n) is 4.89. The van der Waals surface area contributed by atoms with E-state index in [0.29, 0.717) is 23.8 Å². The summed E-state index contributed by atoms with van der Waals surface area (Å²) in [6.45, 7) is 7.89. The first kappa shape index (κ1) is 15.6. The summed E-state index contributed by atoms with van der Waals surface area (Å²) in [4.78, 5) is 14.2. The molecule has 2 rings (SSSR count). The van der Waals surface area contributed by atoms with Crippen molar-refractivity contribution in [2.75, 3.05) is 7.05 Å². The minimum Gasteiger partial charge on any atom is -0.336 e. The van der Waals surface area contributed by atoms with Gasteiger partial charge in [0.05, 0.1) is 17.4 Å². The standard InChI is InChI=1S/C14H20ClN5O/c1-5-19-10(3)11(7-16-19)9-18(4)14(21)13-12(15)8-17-20(13)6-2/h7-8H,5-6,9H2,1-4H3. The second kappa shape index (κ2) is 6.30. The third kappa shape index (κ3) is 2.95. The van der Waals surface area contributed by atoms with Gasteiger partial charge in [-0.25, -0.2) is 0 Å². The first-order valence-corrected chi connectivity index (χ1v) is 7.35. The molecule has 0 saturated heterocycles. The van der Waals surface area contributed by atoms with Crippen LogP contribution in [-0.4, -0.2) is 37.4 Å². The molecule has 2 heterocycles. The minimum absolute atomic E-state index is 0.136. The van der Waals surface area contributed by atoms with E-state index < -0.39 is 0 Å². The highest BCUT2D eigenvalue weighted by atomic mass is 35.5. The number of hydrogen-bond donors (Lipinski definition) is 0. The Morgan fingerprint density at radius 3 is 2.43 bits per heavy atom. The molecule has 0 atom stereocenters. The fraction of sp³-hybridized carbons (Fsp3) is 0.500. The number of aryl methyl sites for hydroxylation is 2. The average molecular weight is 310 g/mol. The molecule has 7 heteroatoms. The Bertz CT molecular complexity index is 646. The lowest BCUT2D eigenvalue weighted by Gasteiger charge is -2.17. The maximum atomic E-state index is 12.6. The van der Waals surface area contributed by atoms with Crippen LogP contribution in [0.3, 0.4) is 0 Å². The lowest BCUT2D eigenvalue weighted by molar-refractivity contribution is 0.0772. The van der Waals surface area contributed by atoms with E-state index in [1.807, 2.05) is 25.5 Å².